The van der Waals surface area contributed by atoms with Crippen molar-refractivity contribution in [3.8, 4) is 0 Å². The molecule has 106 valence electrons. The minimum absolute atomic E-state index is 0.0402. The molecule has 0 aromatic carbocycles. The number of allylic oxidation sites excluding steroid dienone is 2. The third-order valence-corrected chi connectivity index (χ3v) is 3.90. The molecule has 0 bridgehead atoms. The summed E-state index contributed by atoms with van der Waals surface area (Å²) in [6.07, 6.45) is 11.1. The Hall–Kier alpha value is -1.32. The Morgan fingerprint density at radius 2 is 1.84 bits per heavy atom. The molecule has 1 saturated heterocycles. The number of ether oxygens (including phenoxy) is 1. The van der Waals surface area contributed by atoms with Crippen molar-refractivity contribution in [3.63, 3.8) is 0 Å². The predicted molar refractivity (Wildman–Crippen MR) is 72.5 cm³/mol. The van der Waals surface area contributed by atoms with Crippen LogP contribution in [0, 0.1) is 5.92 Å². The van der Waals surface area contributed by atoms with E-state index in [-0.39, 0.29) is 24.4 Å². The molecule has 4 nitrogen and oxygen atoms in total. The molecule has 1 aliphatic carbocycles. The molecule has 2 aliphatic rings. The van der Waals surface area contributed by atoms with Crippen LogP contribution in [-0.2, 0) is 14.3 Å². The normalized spacial score (nSPS) is 23.8. The molecule has 1 aliphatic heterocycles. The zero-order valence-corrected chi connectivity index (χ0v) is 11.5. The van der Waals surface area contributed by atoms with Crippen molar-refractivity contribution >= 4 is 11.9 Å². The van der Waals surface area contributed by atoms with Crippen LogP contribution < -0.4 is 0 Å². The van der Waals surface area contributed by atoms with Gasteiger partial charge in [0.05, 0.1) is 5.92 Å². The first-order chi connectivity index (χ1) is 9.27. The van der Waals surface area contributed by atoms with Crippen molar-refractivity contribution in [2.24, 2.45) is 5.92 Å². The predicted octanol–water partition coefficient (Wildman–Crippen LogP) is 2.29. The van der Waals surface area contributed by atoms with Gasteiger partial charge in [0.1, 0.15) is 0 Å². The Labute approximate surface area is 114 Å². The highest BCUT2D eigenvalue weighted by Crippen LogP contribution is 2.19. The molecule has 0 aromatic rings. The summed E-state index contributed by atoms with van der Waals surface area (Å²) in [5.74, 6) is -0.309. The van der Waals surface area contributed by atoms with Crippen LogP contribution in [0.15, 0.2) is 12.2 Å². The zero-order chi connectivity index (χ0) is 13.5. The highest BCUT2D eigenvalue weighted by molar-refractivity contribution is 5.81. The van der Waals surface area contributed by atoms with Crippen molar-refractivity contribution in [2.45, 2.75) is 44.9 Å². The highest BCUT2D eigenvalue weighted by atomic mass is 16.5. The van der Waals surface area contributed by atoms with E-state index in [0.29, 0.717) is 0 Å². The molecular formula is C15H23NO3. The summed E-state index contributed by atoms with van der Waals surface area (Å²) >= 11 is 0. The molecule has 0 N–H and O–H groups in total. The average molecular weight is 265 g/mol. The smallest absolute Gasteiger partial charge is 0.309 e. The lowest BCUT2D eigenvalue weighted by Crippen LogP contribution is -2.36. The van der Waals surface area contributed by atoms with Gasteiger partial charge >= 0.3 is 5.97 Å². The number of rotatable bonds is 3. The van der Waals surface area contributed by atoms with Crippen molar-refractivity contribution < 1.29 is 14.3 Å². The Kier molecular flexibility index (Phi) is 5.43. The Morgan fingerprint density at radius 1 is 1.11 bits per heavy atom. The number of nitrogens with zero attached hydrogens (tertiary/aromatic N) is 1. The summed E-state index contributed by atoms with van der Waals surface area (Å²) in [4.78, 5) is 25.6. The lowest BCUT2D eigenvalue weighted by molar-refractivity contribution is -0.155. The largest absolute Gasteiger partial charge is 0.455 e. The first-order valence-electron chi connectivity index (χ1n) is 7.37. The summed E-state index contributed by atoms with van der Waals surface area (Å²) < 4.78 is 5.17. The van der Waals surface area contributed by atoms with Crippen molar-refractivity contribution in [1.29, 1.82) is 0 Å². The second-order valence-electron chi connectivity index (χ2n) is 5.38. The van der Waals surface area contributed by atoms with Crippen LogP contribution in [-0.4, -0.2) is 36.5 Å². The Balaban J connectivity index is 1.72. The minimum atomic E-state index is -0.215. The summed E-state index contributed by atoms with van der Waals surface area (Å²) in [6, 6.07) is 0. The maximum Gasteiger partial charge on any atom is 0.309 e. The van der Waals surface area contributed by atoms with Gasteiger partial charge < -0.3 is 9.64 Å². The Bertz CT molecular complexity index is 343. The van der Waals surface area contributed by atoms with E-state index in [1.807, 2.05) is 11.0 Å². The lowest BCUT2D eigenvalue weighted by atomic mass is 9.95. The molecule has 0 saturated carbocycles. The standard InChI is InChI=1S/C15H23NO3/c17-14(16-10-6-1-2-7-11-16)12-19-15(18)13-8-4-3-5-9-13/h3-4,13H,1-2,5-12H2. The minimum Gasteiger partial charge on any atom is -0.455 e. The van der Waals surface area contributed by atoms with Crippen LogP contribution in [0.1, 0.15) is 44.9 Å². The zero-order valence-electron chi connectivity index (χ0n) is 11.5. The molecule has 1 amide bonds. The molecule has 0 spiro atoms. The van der Waals surface area contributed by atoms with Gasteiger partial charge in [0, 0.05) is 13.1 Å². The van der Waals surface area contributed by atoms with E-state index in [2.05, 4.69) is 6.08 Å². The maximum absolute atomic E-state index is 12.0. The number of esters is 1. The number of carbonyl (C=O) groups excluding carboxylic acids is 2. The first kappa shape index (κ1) is 14.1. The molecule has 1 unspecified atom stereocenters. The van der Waals surface area contributed by atoms with E-state index in [9.17, 15) is 9.59 Å². The van der Waals surface area contributed by atoms with E-state index >= 15 is 0 Å². The third-order valence-electron chi connectivity index (χ3n) is 3.90. The van der Waals surface area contributed by atoms with Gasteiger partial charge in [0.15, 0.2) is 6.61 Å². The van der Waals surface area contributed by atoms with E-state index in [1.165, 1.54) is 12.8 Å². The summed E-state index contributed by atoms with van der Waals surface area (Å²) in [6.45, 7) is 1.53. The molecular weight excluding hydrogens is 242 g/mol. The average Bonchev–Trinajstić information content (AvgIpc) is 2.74. The lowest BCUT2D eigenvalue weighted by Gasteiger charge is -2.21. The fourth-order valence-electron chi connectivity index (χ4n) is 2.67. The highest BCUT2D eigenvalue weighted by Gasteiger charge is 2.22. The molecule has 4 heteroatoms. The van der Waals surface area contributed by atoms with Gasteiger partial charge in [-0.2, -0.15) is 0 Å². The number of hydrogen-bond acceptors (Lipinski definition) is 3. The topological polar surface area (TPSA) is 46.6 Å². The van der Waals surface area contributed by atoms with E-state index in [1.54, 1.807) is 0 Å². The van der Waals surface area contributed by atoms with Gasteiger partial charge in [-0.15, -0.1) is 0 Å². The molecule has 1 atom stereocenters. The fraction of sp³-hybridized carbons (Fsp3) is 0.733. The van der Waals surface area contributed by atoms with Crippen molar-refractivity contribution in [1.82, 2.24) is 4.90 Å². The van der Waals surface area contributed by atoms with Crippen LogP contribution in [0.2, 0.25) is 0 Å². The van der Waals surface area contributed by atoms with Crippen LogP contribution in [0.4, 0.5) is 0 Å². The van der Waals surface area contributed by atoms with E-state index in [4.69, 9.17) is 4.74 Å². The van der Waals surface area contributed by atoms with Gasteiger partial charge in [-0.25, -0.2) is 0 Å². The number of amides is 1. The number of likely N-dealkylation sites (tertiary alicyclic amines) is 1. The maximum atomic E-state index is 12.0. The van der Waals surface area contributed by atoms with E-state index in [0.717, 1.165) is 45.2 Å². The van der Waals surface area contributed by atoms with Gasteiger partial charge in [0.25, 0.3) is 5.91 Å². The van der Waals surface area contributed by atoms with Crippen LogP contribution in [0.25, 0.3) is 0 Å². The summed E-state index contributed by atoms with van der Waals surface area (Å²) in [7, 11) is 0. The SMILES string of the molecule is O=C(OCC(=O)N1CCCCCC1)C1CC=CCC1. The molecule has 1 fully saturated rings. The van der Waals surface area contributed by atoms with Crippen molar-refractivity contribution in [2.75, 3.05) is 19.7 Å². The van der Waals surface area contributed by atoms with Gasteiger partial charge in [0.2, 0.25) is 0 Å². The molecule has 0 radical (unpaired) electrons. The second kappa shape index (κ2) is 7.31. The number of hydrogen-bond donors (Lipinski definition) is 0. The van der Waals surface area contributed by atoms with Crippen LogP contribution >= 0.6 is 0 Å². The second-order valence-corrected chi connectivity index (χ2v) is 5.38. The van der Waals surface area contributed by atoms with Gasteiger partial charge in [-0.3, -0.25) is 9.59 Å². The monoisotopic (exact) mass is 265 g/mol. The molecule has 0 aromatic heterocycles. The first-order valence-corrected chi connectivity index (χ1v) is 7.37. The van der Waals surface area contributed by atoms with Crippen LogP contribution in [0.3, 0.4) is 0 Å². The summed E-state index contributed by atoms with van der Waals surface area (Å²) in [5.41, 5.74) is 0. The summed E-state index contributed by atoms with van der Waals surface area (Å²) in [5, 5.41) is 0. The molecule has 19 heavy (non-hydrogen) atoms. The Morgan fingerprint density at radius 3 is 2.47 bits per heavy atom. The molecule has 2 rings (SSSR count). The van der Waals surface area contributed by atoms with Gasteiger partial charge in [-0.1, -0.05) is 25.0 Å². The van der Waals surface area contributed by atoms with Crippen LogP contribution in [0.5, 0.6) is 0 Å². The molecule has 1 heterocycles. The fourth-order valence-corrected chi connectivity index (χ4v) is 2.67. The quantitative estimate of drug-likeness (QED) is 0.581. The van der Waals surface area contributed by atoms with E-state index < -0.39 is 0 Å². The van der Waals surface area contributed by atoms with Gasteiger partial charge in [-0.05, 0) is 32.1 Å². The number of carbonyl (C=O) groups is 2. The van der Waals surface area contributed by atoms with Crippen molar-refractivity contribution in [3.05, 3.63) is 12.2 Å². The third kappa shape index (κ3) is 4.37.